The van der Waals surface area contributed by atoms with Gasteiger partial charge < -0.3 is 19.8 Å². The Bertz CT molecular complexity index is 1660. The normalized spacial score (nSPS) is 23.9. The third-order valence-electron chi connectivity index (χ3n) is 8.71. The molecule has 2 N–H and O–H groups in total. The van der Waals surface area contributed by atoms with E-state index in [2.05, 4.69) is 20.2 Å². The van der Waals surface area contributed by atoms with Crippen LogP contribution in [0.15, 0.2) is 65.5 Å². The number of carbonyl (C=O) groups is 1. The molecule has 1 amide bonds. The molecule has 1 saturated heterocycles. The van der Waals surface area contributed by atoms with Gasteiger partial charge in [-0.15, -0.1) is 0 Å². The number of imidazole rings is 1. The Balaban J connectivity index is 1.25. The Kier molecular flexibility index (Phi) is 5.33. The Labute approximate surface area is 223 Å². The Morgan fingerprint density at radius 1 is 1.15 bits per heavy atom. The summed E-state index contributed by atoms with van der Waals surface area (Å²) in [6.07, 6.45) is 1.30. The van der Waals surface area contributed by atoms with Crippen molar-refractivity contribution < 1.29 is 9.72 Å². The van der Waals surface area contributed by atoms with Gasteiger partial charge in [0, 0.05) is 54.6 Å². The summed E-state index contributed by atoms with van der Waals surface area (Å²) in [5.41, 5.74) is 4.53. The molecule has 198 valence electrons. The number of hydrogen-bond donors (Lipinski definition) is 2. The topological polar surface area (TPSA) is 126 Å². The first kappa shape index (κ1) is 23.6. The lowest BCUT2D eigenvalue weighted by molar-refractivity contribution is -0.384. The number of H-pyrrole nitrogens is 1. The fraction of sp³-hybridized carbons (Fsp3) is 0.345. The second-order valence-electron chi connectivity index (χ2n) is 11.0. The number of carbonyl (C=O) groups excluding carboxylic acids is 1. The molecule has 10 heteroatoms. The van der Waals surface area contributed by atoms with Crippen LogP contribution in [-0.2, 0) is 17.8 Å². The molecule has 39 heavy (non-hydrogen) atoms. The molecule has 0 spiro atoms. The van der Waals surface area contributed by atoms with E-state index in [1.807, 2.05) is 54.0 Å². The number of para-hydroxylation sites is 2. The third kappa shape index (κ3) is 3.81. The molecule has 2 aromatic carbocycles. The largest absolute Gasteiger partial charge is 0.366 e. The van der Waals surface area contributed by atoms with Gasteiger partial charge in [0.05, 0.1) is 27.9 Å². The molecule has 0 radical (unpaired) electrons. The van der Waals surface area contributed by atoms with Crippen LogP contribution in [0.1, 0.15) is 42.4 Å². The summed E-state index contributed by atoms with van der Waals surface area (Å²) in [6.45, 7) is 3.11. The fourth-order valence-electron chi connectivity index (χ4n) is 7.02. The lowest BCUT2D eigenvalue weighted by atomic mass is 9.70. The highest BCUT2D eigenvalue weighted by Crippen LogP contribution is 2.47. The molecule has 7 rings (SSSR count). The summed E-state index contributed by atoms with van der Waals surface area (Å²) >= 11 is 0. The van der Waals surface area contributed by atoms with Gasteiger partial charge in [-0.2, -0.15) is 0 Å². The van der Waals surface area contributed by atoms with Crippen molar-refractivity contribution in [2.45, 2.75) is 44.3 Å². The lowest BCUT2D eigenvalue weighted by Crippen LogP contribution is -2.61. The van der Waals surface area contributed by atoms with Gasteiger partial charge >= 0.3 is 0 Å². The van der Waals surface area contributed by atoms with Crippen LogP contribution >= 0.6 is 0 Å². The van der Waals surface area contributed by atoms with Gasteiger partial charge in [-0.3, -0.25) is 19.7 Å². The molecule has 3 aliphatic rings. The van der Waals surface area contributed by atoms with E-state index in [0.29, 0.717) is 25.3 Å². The zero-order valence-corrected chi connectivity index (χ0v) is 21.4. The first-order valence-electron chi connectivity index (χ1n) is 13.4. The van der Waals surface area contributed by atoms with Crippen molar-refractivity contribution in [1.29, 1.82) is 0 Å². The van der Waals surface area contributed by atoms with Gasteiger partial charge in [-0.25, -0.2) is 4.98 Å². The monoisotopic (exact) mass is 524 g/mol. The first-order valence-corrected chi connectivity index (χ1v) is 13.4. The number of rotatable bonds is 4. The van der Waals surface area contributed by atoms with Crippen molar-refractivity contribution in [3.63, 3.8) is 0 Å². The second-order valence-corrected chi connectivity index (χ2v) is 11.0. The number of benzene rings is 2. The summed E-state index contributed by atoms with van der Waals surface area (Å²) in [6, 6.07) is 17.7. The van der Waals surface area contributed by atoms with Crippen LogP contribution in [0.25, 0.3) is 11.0 Å². The predicted octanol–water partition coefficient (Wildman–Crippen LogP) is 3.67. The summed E-state index contributed by atoms with van der Waals surface area (Å²) in [7, 11) is 0. The van der Waals surface area contributed by atoms with Crippen LogP contribution in [0.2, 0.25) is 0 Å². The number of fused-ring (bicyclic) bond motifs is 9. The minimum absolute atomic E-state index is 0.0120. The molecule has 2 bridgehead atoms. The van der Waals surface area contributed by atoms with Crippen molar-refractivity contribution in [2.24, 2.45) is 11.8 Å². The average molecular weight is 525 g/mol. The maximum absolute atomic E-state index is 14.0. The summed E-state index contributed by atoms with van der Waals surface area (Å²) in [5.74, 6) is 0.373. The number of anilines is 1. The number of amides is 1. The predicted molar refractivity (Wildman–Crippen MR) is 146 cm³/mol. The van der Waals surface area contributed by atoms with Crippen molar-refractivity contribution in [2.75, 3.05) is 11.4 Å². The molecule has 5 atom stereocenters. The first-order chi connectivity index (χ1) is 18.9. The fourth-order valence-corrected chi connectivity index (χ4v) is 7.02. The van der Waals surface area contributed by atoms with E-state index in [9.17, 15) is 19.7 Å². The van der Waals surface area contributed by atoms with E-state index in [1.165, 1.54) is 0 Å². The molecule has 0 saturated carbocycles. The molecule has 10 nitrogen and oxygen atoms in total. The number of nitro benzene ring substituents is 1. The number of nitrogens with zero attached hydrogens (tertiary/aromatic N) is 4. The maximum atomic E-state index is 14.0. The number of nitro groups is 1. The van der Waals surface area contributed by atoms with E-state index in [0.717, 1.165) is 34.4 Å². The van der Waals surface area contributed by atoms with Gasteiger partial charge in [0.25, 0.3) is 11.2 Å². The van der Waals surface area contributed by atoms with Gasteiger partial charge in [0.15, 0.2) is 0 Å². The summed E-state index contributed by atoms with van der Waals surface area (Å²) in [4.78, 5) is 48.1. The highest BCUT2D eigenvalue weighted by Gasteiger charge is 2.49. The number of aromatic amines is 1. The van der Waals surface area contributed by atoms with Crippen LogP contribution in [0, 0.1) is 22.0 Å². The second kappa shape index (κ2) is 8.79. The molecule has 3 aliphatic heterocycles. The lowest BCUT2D eigenvalue weighted by Gasteiger charge is -2.54. The van der Waals surface area contributed by atoms with Crippen molar-refractivity contribution in [3.8, 4) is 0 Å². The highest BCUT2D eigenvalue weighted by molar-refractivity contribution is 5.83. The number of hydrogen-bond acceptors (Lipinski definition) is 6. The number of aromatic nitrogens is 3. The number of piperidine rings is 1. The molecule has 2 aromatic heterocycles. The molecule has 5 heterocycles. The van der Waals surface area contributed by atoms with Gasteiger partial charge in [0.2, 0.25) is 5.91 Å². The van der Waals surface area contributed by atoms with Gasteiger partial charge in [0.1, 0.15) is 5.82 Å². The maximum Gasteiger partial charge on any atom is 0.269 e. The molecule has 4 aromatic rings. The number of nitrogens with one attached hydrogen (secondary N) is 2. The Hall–Kier alpha value is -4.47. The van der Waals surface area contributed by atoms with E-state index >= 15 is 0 Å². The van der Waals surface area contributed by atoms with Crippen LogP contribution in [0.5, 0.6) is 0 Å². The minimum atomic E-state index is -0.432. The zero-order chi connectivity index (χ0) is 26.8. The Morgan fingerprint density at radius 3 is 2.82 bits per heavy atom. The van der Waals surface area contributed by atoms with E-state index in [1.54, 1.807) is 18.2 Å². The molecule has 0 aliphatic carbocycles. The quantitative estimate of drug-likeness (QED) is 0.310. The van der Waals surface area contributed by atoms with E-state index < -0.39 is 10.8 Å². The molecular formula is C29H28N6O4. The summed E-state index contributed by atoms with van der Waals surface area (Å²) in [5, 5.41) is 14.7. The van der Waals surface area contributed by atoms with Crippen molar-refractivity contribution in [1.82, 2.24) is 19.9 Å². The van der Waals surface area contributed by atoms with Crippen LogP contribution in [0.4, 0.5) is 11.4 Å². The zero-order valence-electron chi connectivity index (χ0n) is 21.4. The van der Waals surface area contributed by atoms with Crippen molar-refractivity contribution in [3.05, 3.63) is 98.2 Å². The van der Waals surface area contributed by atoms with Crippen molar-refractivity contribution >= 4 is 28.3 Å². The molecular weight excluding hydrogens is 496 g/mol. The SMILES string of the molecule is C[C@H](NC(=O)[C@@H]1Cc2cc([N+](=O)[O-])ccc2N2C[C@@H]3C[C@@H](Cn4c3cccc4=O)[C@@H]12)c1nc2ccccc2[nH]1. The van der Waals surface area contributed by atoms with Crippen LogP contribution in [0.3, 0.4) is 0 Å². The third-order valence-corrected chi connectivity index (χ3v) is 8.71. The summed E-state index contributed by atoms with van der Waals surface area (Å²) < 4.78 is 1.87. The van der Waals surface area contributed by atoms with E-state index in [-0.39, 0.29) is 41.1 Å². The van der Waals surface area contributed by atoms with Gasteiger partial charge in [-0.1, -0.05) is 18.2 Å². The van der Waals surface area contributed by atoms with Crippen LogP contribution < -0.4 is 15.8 Å². The van der Waals surface area contributed by atoms with Gasteiger partial charge in [-0.05, 0) is 55.5 Å². The standard InChI is InChI=1S/C29H28N6O4/c1-16(28-31-22-5-2-3-6-23(22)32-28)30-29(37)21-13-17-12-20(35(38)39)9-10-25(17)34-14-18-11-19(27(21)34)15-33-24(18)7-4-8-26(33)36/h2-10,12,16,18-19,21,27H,11,13-15H2,1H3,(H,30,37)(H,31,32)/t16-,18-,19-,21+,27-/m0/s1. The molecule has 0 unspecified atom stereocenters. The smallest absolute Gasteiger partial charge is 0.269 e. The number of pyridine rings is 1. The van der Waals surface area contributed by atoms with E-state index in [4.69, 9.17) is 0 Å². The molecule has 1 fully saturated rings. The average Bonchev–Trinajstić information content (AvgIpc) is 3.37. The minimum Gasteiger partial charge on any atom is -0.366 e. The highest BCUT2D eigenvalue weighted by atomic mass is 16.6. The Morgan fingerprint density at radius 2 is 2.00 bits per heavy atom. The number of non-ortho nitro benzene ring substituents is 1. The van der Waals surface area contributed by atoms with Crippen LogP contribution in [-0.4, -0.2) is 38.0 Å².